The van der Waals surface area contributed by atoms with E-state index in [4.69, 9.17) is 15.0 Å². The minimum Gasteiger partial charge on any atom is -0.369 e. The lowest BCUT2D eigenvalue weighted by atomic mass is 10.0. The van der Waals surface area contributed by atoms with Crippen molar-refractivity contribution in [2.45, 2.75) is 38.7 Å². The van der Waals surface area contributed by atoms with E-state index in [1.165, 1.54) is 0 Å². The molecule has 0 amide bonds. The molecule has 1 unspecified atom stereocenters. The Morgan fingerprint density at radius 1 is 1.53 bits per heavy atom. The molecule has 1 atom stereocenters. The molecule has 0 bridgehead atoms. The van der Waals surface area contributed by atoms with Crippen LogP contribution in [0.2, 0.25) is 0 Å². The van der Waals surface area contributed by atoms with Crippen molar-refractivity contribution in [3.8, 4) is 0 Å². The van der Waals surface area contributed by atoms with Gasteiger partial charge in [0.2, 0.25) is 0 Å². The van der Waals surface area contributed by atoms with Crippen molar-refractivity contribution < 1.29 is 9.26 Å². The first-order valence-corrected chi connectivity index (χ1v) is 5.24. The van der Waals surface area contributed by atoms with Crippen molar-refractivity contribution in [1.29, 1.82) is 0 Å². The maximum atomic E-state index is 5.41. The molecular weight excluding hydrogens is 194 g/mol. The summed E-state index contributed by atoms with van der Waals surface area (Å²) in [5.74, 6) is 1.24. The third kappa shape index (κ3) is 2.76. The third-order valence-electron chi connectivity index (χ3n) is 2.65. The number of hydrogen-bond acceptors (Lipinski definition) is 5. The lowest BCUT2D eigenvalue weighted by Crippen LogP contribution is -2.23. The fourth-order valence-electron chi connectivity index (χ4n) is 1.21. The second-order valence-corrected chi connectivity index (χ2v) is 3.70. The first-order chi connectivity index (χ1) is 7.16. The highest BCUT2D eigenvalue weighted by Crippen LogP contribution is 2.26. The normalized spacial score (nSPS) is 15.2. The highest BCUT2D eigenvalue weighted by Gasteiger charge is 2.30. The summed E-state index contributed by atoms with van der Waals surface area (Å²) in [6.45, 7) is 4.60. The van der Waals surface area contributed by atoms with Crippen LogP contribution in [-0.4, -0.2) is 23.8 Å². The Kier molecular flexibility index (Phi) is 4.23. The number of aromatic nitrogens is 2. The van der Waals surface area contributed by atoms with Crippen molar-refractivity contribution >= 4 is 0 Å². The summed E-state index contributed by atoms with van der Waals surface area (Å²) >= 11 is 0. The molecule has 0 spiro atoms. The van der Waals surface area contributed by atoms with Gasteiger partial charge in [0.05, 0.1) is 0 Å². The summed E-state index contributed by atoms with van der Waals surface area (Å²) in [7, 11) is 1.65. The van der Waals surface area contributed by atoms with Gasteiger partial charge in [-0.1, -0.05) is 12.1 Å². The van der Waals surface area contributed by atoms with Gasteiger partial charge in [-0.15, -0.1) is 0 Å². The quantitative estimate of drug-likeness (QED) is 0.769. The molecule has 0 radical (unpaired) electrons. The standard InChI is InChI=1S/C10H19N3O2/c1-4-10(2,14-3)9-12-8(13-15-9)6-5-7-11/h4-7,11H2,1-3H3. The van der Waals surface area contributed by atoms with Gasteiger partial charge in [0, 0.05) is 13.5 Å². The molecule has 0 fully saturated rings. The lowest BCUT2D eigenvalue weighted by molar-refractivity contribution is -0.0272. The Balaban J connectivity index is 2.74. The molecule has 5 heteroatoms. The van der Waals surface area contributed by atoms with Gasteiger partial charge < -0.3 is 15.0 Å². The van der Waals surface area contributed by atoms with E-state index in [1.807, 2.05) is 13.8 Å². The van der Waals surface area contributed by atoms with Crippen molar-refractivity contribution in [3.63, 3.8) is 0 Å². The van der Waals surface area contributed by atoms with Crippen LogP contribution in [-0.2, 0) is 16.8 Å². The van der Waals surface area contributed by atoms with E-state index >= 15 is 0 Å². The Morgan fingerprint density at radius 3 is 2.80 bits per heavy atom. The van der Waals surface area contributed by atoms with E-state index in [9.17, 15) is 0 Å². The Labute approximate surface area is 90.0 Å². The second kappa shape index (κ2) is 5.23. The van der Waals surface area contributed by atoms with E-state index in [1.54, 1.807) is 7.11 Å². The molecule has 1 rings (SSSR count). The molecule has 0 aromatic carbocycles. The van der Waals surface area contributed by atoms with Crippen LogP contribution < -0.4 is 5.73 Å². The van der Waals surface area contributed by atoms with Crippen molar-refractivity contribution in [3.05, 3.63) is 11.7 Å². The maximum Gasteiger partial charge on any atom is 0.258 e. The van der Waals surface area contributed by atoms with Crippen molar-refractivity contribution in [1.82, 2.24) is 10.1 Å². The molecule has 1 aromatic heterocycles. The zero-order valence-electron chi connectivity index (χ0n) is 9.62. The van der Waals surface area contributed by atoms with Gasteiger partial charge in [-0.05, 0) is 26.3 Å². The summed E-state index contributed by atoms with van der Waals surface area (Å²) < 4.78 is 10.6. The van der Waals surface area contributed by atoms with E-state index < -0.39 is 5.60 Å². The summed E-state index contributed by atoms with van der Waals surface area (Å²) in [6, 6.07) is 0. The predicted octanol–water partition coefficient (Wildman–Crippen LogP) is 1.23. The average Bonchev–Trinajstić information content (AvgIpc) is 2.74. The number of nitrogens with two attached hydrogens (primary N) is 1. The van der Waals surface area contributed by atoms with Gasteiger partial charge in [-0.2, -0.15) is 4.98 Å². The van der Waals surface area contributed by atoms with E-state index in [2.05, 4.69) is 10.1 Å². The Hall–Kier alpha value is -0.940. The number of methoxy groups -OCH3 is 1. The van der Waals surface area contributed by atoms with Crippen LogP contribution in [0, 0.1) is 0 Å². The van der Waals surface area contributed by atoms with Crippen LogP contribution in [0.25, 0.3) is 0 Å². The highest BCUT2D eigenvalue weighted by atomic mass is 16.5. The lowest BCUT2D eigenvalue weighted by Gasteiger charge is -2.21. The van der Waals surface area contributed by atoms with Crippen LogP contribution >= 0.6 is 0 Å². The monoisotopic (exact) mass is 213 g/mol. The molecule has 1 aromatic rings. The number of aryl methyl sites for hydroxylation is 1. The van der Waals surface area contributed by atoms with E-state index in [0.717, 1.165) is 19.3 Å². The zero-order chi connectivity index (χ0) is 11.3. The molecule has 0 saturated carbocycles. The van der Waals surface area contributed by atoms with Gasteiger partial charge in [0.25, 0.3) is 5.89 Å². The van der Waals surface area contributed by atoms with Crippen molar-refractivity contribution in [2.24, 2.45) is 5.73 Å². The van der Waals surface area contributed by atoms with E-state index in [0.29, 0.717) is 18.3 Å². The van der Waals surface area contributed by atoms with Crippen LogP contribution in [0.1, 0.15) is 38.4 Å². The molecule has 1 heterocycles. The molecule has 0 aliphatic carbocycles. The highest BCUT2D eigenvalue weighted by molar-refractivity contribution is 4.97. The molecule has 0 aliphatic heterocycles. The van der Waals surface area contributed by atoms with Gasteiger partial charge in [-0.3, -0.25) is 0 Å². The molecule has 86 valence electrons. The fraction of sp³-hybridized carbons (Fsp3) is 0.800. The number of ether oxygens (including phenoxy) is 1. The number of nitrogens with zero attached hydrogens (tertiary/aromatic N) is 2. The van der Waals surface area contributed by atoms with Crippen LogP contribution in [0.5, 0.6) is 0 Å². The molecule has 15 heavy (non-hydrogen) atoms. The SMILES string of the molecule is CCC(C)(OC)c1nc(CCCN)no1. The van der Waals surface area contributed by atoms with Gasteiger partial charge >= 0.3 is 0 Å². The summed E-state index contributed by atoms with van der Waals surface area (Å²) in [6.07, 6.45) is 2.42. The molecule has 5 nitrogen and oxygen atoms in total. The summed E-state index contributed by atoms with van der Waals surface area (Å²) in [5, 5.41) is 3.89. The van der Waals surface area contributed by atoms with Crippen LogP contribution in [0.15, 0.2) is 4.52 Å². The predicted molar refractivity (Wildman–Crippen MR) is 56.3 cm³/mol. The van der Waals surface area contributed by atoms with E-state index in [-0.39, 0.29) is 0 Å². The Morgan fingerprint density at radius 2 is 2.27 bits per heavy atom. The third-order valence-corrected chi connectivity index (χ3v) is 2.65. The first kappa shape index (κ1) is 12.1. The topological polar surface area (TPSA) is 74.2 Å². The maximum absolute atomic E-state index is 5.41. The molecular formula is C10H19N3O2. The summed E-state index contributed by atoms with van der Waals surface area (Å²) in [5.41, 5.74) is 4.93. The van der Waals surface area contributed by atoms with Gasteiger partial charge in [-0.25, -0.2) is 0 Å². The minimum absolute atomic E-state index is 0.478. The van der Waals surface area contributed by atoms with Gasteiger partial charge in [0.15, 0.2) is 5.82 Å². The zero-order valence-corrected chi connectivity index (χ0v) is 9.62. The van der Waals surface area contributed by atoms with Gasteiger partial charge in [0.1, 0.15) is 5.60 Å². The number of rotatable bonds is 6. The second-order valence-electron chi connectivity index (χ2n) is 3.70. The fourth-order valence-corrected chi connectivity index (χ4v) is 1.21. The first-order valence-electron chi connectivity index (χ1n) is 5.24. The molecule has 2 N–H and O–H groups in total. The van der Waals surface area contributed by atoms with Crippen LogP contribution in [0.3, 0.4) is 0 Å². The van der Waals surface area contributed by atoms with Crippen molar-refractivity contribution in [2.75, 3.05) is 13.7 Å². The number of hydrogen-bond donors (Lipinski definition) is 1. The smallest absolute Gasteiger partial charge is 0.258 e. The summed E-state index contributed by atoms with van der Waals surface area (Å²) in [4.78, 5) is 4.30. The van der Waals surface area contributed by atoms with Crippen LogP contribution in [0.4, 0.5) is 0 Å². The molecule has 0 saturated heterocycles. The Bertz CT molecular complexity index is 295. The largest absolute Gasteiger partial charge is 0.369 e. The minimum atomic E-state index is -0.478. The average molecular weight is 213 g/mol. The molecule has 0 aliphatic rings.